The first-order chi connectivity index (χ1) is 13.2. The zero-order valence-electron chi connectivity index (χ0n) is 15.6. The summed E-state index contributed by atoms with van der Waals surface area (Å²) in [5.74, 6) is 0.172. The van der Waals surface area contributed by atoms with Crippen molar-refractivity contribution in [3.8, 4) is 0 Å². The molecule has 2 amide bonds. The number of hydrogen-bond donors (Lipinski definition) is 2. The summed E-state index contributed by atoms with van der Waals surface area (Å²) in [7, 11) is 0. The Kier molecular flexibility index (Phi) is 6.41. The number of anilines is 2. The predicted molar refractivity (Wildman–Crippen MR) is 107 cm³/mol. The zero-order chi connectivity index (χ0) is 19.1. The summed E-state index contributed by atoms with van der Waals surface area (Å²) >= 11 is 0. The van der Waals surface area contributed by atoms with Crippen LogP contribution >= 0.6 is 0 Å². The van der Waals surface area contributed by atoms with Gasteiger partial charge in [0.05, 0.1) is 0 Å². The average Bonchev–Trinajstić information content (AvgIpc) is 2.73. The van der Waals surface area contributed by atoms with Gasteiger partial charge in [0.2, 0.25) is 0 Å². The van der Waals surface area contributed by atoms with E-state index in [9.17, 15) is 9.59 Å². The van der Waals surface area contributed by atoms with Crippen LogP contribution in [-0.2, 0) is 16.0 Å². The van der Waals surface area contributed by atoms with Crippen molar-refractivity contribution in [2.75, 3.05) is 29.9 Å². The van der Waals surface area contributed by atoms with E-state index >= 15 is 0 Å². The third kappa shape index (κ3) is 5.29. The first-order valence-corrected chi connectivity index (χ1v) is 9.50. The van der Waals surface area contributed by atoms with Gasteiger partial charge in [-0.05, 0) is 55.0 Å². The number of amides is 2. The molecule has 2 heterocycles. The van der Waals surface area contributed by atoms with Crippen LogP contribution in [0.1, 0.15) is 25.3 Å². The molecule has 6 heteroatoms. The van der Waals surface area contributed by atoms with Gasteiger partial charge in [0.1, 0.15) is 5.82 Å². The lowest BCUT2D eigenvalue weighted by molar-refractivity contribution is -0.136. The standard InChI is InChI=1S/C21H26N4O2/c1-2-16-6-8-18(9-7-16)24-21(27)20(26)23-15-17-10-13-25(14-11-17)19-5-3-4-12-22-19/h3-9,12,17H,2,10-11,13-15H2,1H3,(H,23,26)(H,24,27). The molecule has 1 aliphatic rings. The minimum absolute atomic E-state index is 0.380. The zero-order valence-corrected chi connectivity index (χ0v) is 15.6. The van der Waals surface area contributed by atoms with Crippen LogP contribution in [0, 0.1) is 5.92 Å². The molecule has 1 aliphatic heterocycles. The van der Waals surface area contributed by atoms with E-state index in [1.165, 1.54) is 5.56 Å². The summed E-state index contributed by atoms with van der Waals surface area (Å²) in [5, 5.41) is 5.41. The van der Waals surface area contributed by atoms with Crippen molar-refractivity contribution in [2.45, 2.75) is 26.2 Å². The molecule has 0 bridgehead atoms. The summed E-state index contributed by atoms with van der Waals surface area (Å²) in [6.45, 7) is 4.42. The number of pyridine rings is 1. The molecule has 1 saturated heterocycles. The average molecular weight is 366 g/mol. The topological polar surface area (TPSA) is 74.3 Å². The van der Waals surface area contributed by atoms with Crippen molar-refractivity contribution in [1.82, 2.24) is 10.3 Å². The number of carbonyl (C=O) groups is 2. The Morgan fingerprint density at radius 2 is 1.81 bits per heavy atom. The fourth-order valence-corrected chi connectivity index (χ4v) is 3.24. The van der Waals surface area contributed by atoms with E-state index in [-0.39, 0.29) is 0 Å². The number of aryl methyl sites for hydroxylation is 1. The largest absolute Gasteiger partial charge is 0.357 e. The van der Waals surface area contributed by atoms with Crippen molar-refractivity contribution in [3.63, 3.8) is 0 Å². The van der Waals surface area contributed by atoms with E-state index in [4.69, 9.17) is 0 Å². The lowest BCUT2D eigenvalue weighted by Crippen LogP contribution is -2.42. The molecule has 3 rings (SSSR count). The van der Waals surface area contributed by atoms with Gasteiger partial charge < -0.3 is 15.5 Å². The Bertz CT molecular complexity index is 754. The van der Waals surface area contributed by atoms with Gasteiger partial charge >= 0.3 is 11.8 Å². The van der Waals surface area contributed by atoms with Gasteiger partial charge in [-0.25, -0.2) is 4.98 Å². The Hall–Kier alpha value is -2.89. The number of aromatic nitrogens is 1. The van der Waals surface area contributed by atoms with Crippen molar-refractivity contribution in [2.24, 2.45) is 5.92 Å². The van der Waals surface area contributed by atoms with Crippen LogP contribution in [-0.4, -0.2) is 36.4 Å². The Morgan fingerprint density at radius 3 is 2.44 bits per heavy atom. The summed E-state index contributed by atoms with van der Waals surface area (Å²) in [6, 6.07) is 13.4. The Balaban J connectivity index is 1.40. The second-order valence-electron chi connectivity index (χ2n) is 6.83. The third-order valence-corrected chi connectivity index (χ3v) is 4.97. The fourth-order valence-electron chi connectivity index (χ4n) is 3.24. The van der Waals surface area contributed by atoms with Crippen LogP contribution in [0.15, 0.2) is 48.7 Å². The highest BCUT2D eigenvalue weighted by molar-refractivity contribution is 6.39. The van der Waals surface area contributed by atoms with Gasteiger partial charge in [0, 0.05) is 31.5 Å². The van der Waals surface area contributed by atoms with Crippen LogP contribution in [0.3, 0.4) is 0 Å². The molecule has 2 N–H and O–H groups in total. The minimum atomic E-state index is -0.620. The normalized spacial score (nSPS) is 14.6. The first kappa shape index (κ1) is 18.9. The quantitative estimate of drug-likeness (QED) is 0.798. The van der Waals surface area contributed by atoms with E-state index in [2.05, 4.69) is 27.4 Å². The highest BCUT2D eigenvalue weighted by Gasteiger charge is 2.22. The molecule has 27 heavy (non-hydrogen) atoms. The molecule has 2 aromatic rings. The predicted octanol–water partition coefficient (Wildman–Crippen LogP) is 2.62. The number of benzene rings is 1. The van der Waals surface area contributed by atoms with E-state index < -0.39 is 11.8 Å². The second-order valence-corrected chi connectivity index (χ2v) is 6.83. The van der Waals surface area contributed by atoms with Crippen molar-refractivity contribution >= 4 is 23.3 Å². The van der Waals surface area contributed by atoms with E-state index in [0.717, 1.165) is 38.2 Å². The number of hydrogen-bond acceptors (Lipinski definition) is 4. The van der Waals surface area contributed by atoms with E-state index in [1.54, 1.807) is 6.20 Å². The summed E-state index contributed by atoms with van der Waals surface area (Å²) in [6.07, 6.45) is 4.68. The van der Waals surface area contributed by atoms with Crippen LogP contribution in [0.25, 0.3) is 0 Å². The lowest BCUT2D eigenvalue weighted by atomic mass is 9.97. The lowest BCUT2D eigenvalue weighted by Gasteiger charge is -2.32. The van der Waals surface area contributed by atoms with Gasteiger partial charge in [-0.3, -0.25) is 9.59 Å². The maximum Gasteiger partial charge on any atom is 0.313 e. The molecule has 0 saturated carbocycles. The maximum absolute atomic E-state index is 12.1. The number of piperidine rings is 1. The molecule has 0 atom stereocenters. The van der Waals surface area contributed by atoms with Crippen molar-refractivity contribution < 1.29 is 9.59 Å². The maximum atomic E-state index is 12.1. The molecule has 1 aromatic carbocycles. The molecule has 1 fully saturated rings. The Morgan fingerprint density at radius 1 is 1.07 bits per heavy atom. The summed E-state index contributed by atoms with van der Waals surface area (Å²) in [5.41, 5.74) is 1.82. The molecule has 0 aliphatic carbocycles. The second kappa shape index (κ2) is 9.16. The molecule has 0 radical (unpaired) electrons. The Labute approximate surface area is 160 Å². The highest BCUT2D eigenvalue weighted by atomic mass is 16.2. The van der Waals surface area contributed by atoms with Crippen molar-refractivity contribution in [1.29, 1.82) is 0 Å². The first-order valence-electron chi connectivity index (χ1n) is 9.50. The van der Waals surface area contributed by atoms with E-state index in [0.29, 0.717) is 18.2 Å². The number of carbonyl (C=O) groups excluding carboxylic acids is 2. The molecule has 0 unspecified atom stereocenters. The molecule has 142 valence electrons. The van der Waals surface area contributed by atoms with Crippen LogP contribution in [0.2, 0.25) is 0 Å². The summed E-state index contributed by atoms with van der Waals surface area (Å²) in [4.78, 5) is 30.7. The third-order valence-electron chi connectivity index (χ3n) is 4.97. The highest BCUT2D eigenvalue weighted by Crippen LogP contribution is 2.20. The smallest absolute Gasteiger partial charge is 0.313 e. The monoisotopic (exact) mass is 366 g/mol. The van der Waals surface area contributed by atoms with Gasteiger partial charge in [-0.1, -0.05) is 25.1 Å². The van der Waals surface area contributed by atoms with Crippen LogP contribution in [0.4, 0.5) is 11.5 Å². The van der Waals surface area contributed by atoms with Gasteiger partial charge in [0.15, 0.2) is 0 Å². The minimum Gasteiger partial charge on any atom is -0.357 e. The van der Waals surface area contributed by atoms with Gasteiger partial charge in [-0.15, -0.1) is 0 Å². The number of nitrogens with zero attached hydrogens (tertiary/aromatic N) is 2. The molecular formula is C21H26N4O2. The van der Waals surface area contributed by atoms with Crippen LogP contribution < -0.4 is 15.5 Å². The van der Waals surface area contributed by atoms with Crippen LogP contribution in [0.5, 0.6) is 0 Å². The fraction of sp³-hybridized carbons (Fsp3) is 0.381. The molecule has 6 nitrogen and oxygen atoms in total. The SMILES string of the molecule is CCc1ccc(NC(=O)C(=O)NCC2CCN(c3ccccn3)CC2)cc1. The van der Waals surface area contributed by atoms with Gasteiger partial charge in [-0.2, -0.15) is 0 Å². The van der Waals surface area contributed by atoms with E-state index in [1.807, 2.05) is 42.5 Å². The number of rotatable bonds is 5. The summed E-state index contributed by atoms with van der Waals surface area (Å²) < 4.78 is 0. The van der Waals surface area contributed by atoms with Crippen molar-refractivity contribution in [3.05, 3.63) is 54.2 Å². The number of nitrogens with one attached hydrogen (secondary N) is 2. The molecule has 1 aromatic heterocycles. The van der Waals surface area contributed by atoms with Gasteiger partial charge in [0.25, 0.3) is 0 Å². The molecule has 0 spiro atoms. The molecular weight excluding hydrogens is 340 g/mol.